The largest absolute Gasteiger partial charge is 0.345 e. The topological polar surface area (TPSA) is 79.0 Å². The zero-order valence-electron chi connectivity index (χ0n) is 21.7. The van der Waals surface area contributed by atoms with E-state index in [1.54, 1.807) is 42.9 Å². The van der Waals surface area contributed by atoms with Gasteiger partial charge in [0.1, 0.15) is 5.82 Å². The zero-order valence-corrected chi connectivity index (χ0v) is 21.7. The number of aromatic nitrogens is 2. The molecule has 4 aromatic rings. The average Bonchev–Trinajstić information content (AvgIpc) is 2.91. The summed E-state index contributed by atoms with van der Waals surface area (Å²) in [6.45, 7) is 3.92. The van der Waals surface area contributed by atoms with Gasteiger partial charge in [0.2, 0.25) is 0 Å². The molecule has 0 saturated heterocycles. The Morgan fingerprint density at radius 1 is 1.00 bits per heavy atom. The fourth-order valence-electron chi connectivity index (χ4n) is 4.49. The smallest absolute Gasteiger partial charge is 0.261 e. The second-order valence-electron chi connectivity index (χ2n) is 9.25. The van der Waals surface area contributed by atoms with Crippen LogP contribution in [0.2, 0.25) is 0 Å². The van der Waals surface area contributed by atoms with Crippen molar-refractivity contribution in [1.29, 1.82) is 5.26 Å². The fourth-order valence-corrected chi connectivity index (χ4v) is 4.49. The van der Waals surface area contributed by atoms with Gasteiger partial charge in [0, 0.05) is 31.6 Å². The lowest BCUT2D eigenvalue weighted by Gasteiger charge is -2.16. The van der Waals surface area contributed by atoms with Gasteiger partial charge in [0.05, 0.1) is 23.0 Å². The van der Waals surface area contributed by atoms with Crippen molar-refractivity contribution in [3.8, 4) is 22.9 Å². The Hall–Kier alpha value is -4.50. The Labute approximate surface area is 217 Å². The quantitative estimate of drug-likeness (QED) is 0.351. The first kappa shape index (κ1) is 25.6. The second kappa shape index (κ2) is 11.0. The van der Waals surface area contributed by atoms with Gasteiger partial charge in [-0.3, -0.25) is 14.2 Å². The Morgan fingerprint density at radius 2 is 1.68 bits per heavy atom. The number of rotatable bonds is 7. The number of amides is 1. The highest BCUT2D eigenvalue weighted by Crippen LogP contribution is 2.24. The molecule has 1 aromatic heterocycles. The average molecular weight is 491 g/mol. The third kappa shape index (κ3) is 5.36. The van der Waals surface area contributed by atoms with Crippen LogP contribution in [-0.4, -0.2) is 34.5 Å². The first-order chi connectivity index (χ1) is 17.8. The van der Waals surface area contributed by atoms with Crippen LogP contribution in [0.5, 0.6) is 0 Å². The van der Waals surface area contributed by atoms with E-state index in [1.165, 1.54) is 4.90 Å². The molecular formula is C31H30N4O2. The number of hydrogen-bond acceptors (Lipinski definition) is 4. The maximum absolute atomic E-state index is 13.8. The van der Waals surface area contributed by atoms with Crippen LogP contribution in [0.4, 0.5) is 0 Å². The summed E-state index contributed by atoms with van der Waals surface area (Å²) < 4.78 is 1.62. The van der Waals surface area contributed by atoms with Crippen molar-refractivity contribution in [2.24, 2.45) is 0 Å². The number of nitrogens with zero attached hydrogens (tertiary/aromatic N) is 4. The molecule has 0 N–H and O–H groups in total. The number of carbonyl (C=O) groups is 1. The summed E-state index contributed by atoms with van der Waals surface area (Å²) in [5.41, 5.74) is 6.11. The van der Waals surface area contributed by atoms with Gasteiger partial charge in [-0.05, 0) is 60.4 Å². The minimum Gasteiger partial charge on any atom is -0.345 e. The van der Waals surface area contributed by atoms with Gasteiger partial charge >= 0.3 is 0 Å². The SMILES string of the molecule is CCCc1nc(C)n(-c2ccc(C(=O)N(C)C)cc2)c(=O)c1Cc1ccc(-c2ccccc2C#N)cc1. The molecule has 186 valence electrons. The van der Waals surface area contributed by atoms with E-state index in [2.05, 4.69) is 13.0 Å². The predicted molar refractivity (Wildman–Crippen MR) is 146 cm³/mol. The van der Waals surface area contributed by atoms with E-state index in [1.807, 2.05) is 55.5 Å². The van der Waals surface area contributed by atoms with E-state index in [-0.39, 0.29) is 11.5 Å². The molecule has 0 fully saturated rings. The van der Waals surface area contributed by atoms with Gasteiger partial charge in [-0.1, -0.05) is 55.8 Å². The maximum atomic E-state index is 13.8. The van der Waals surface area contributed by atoms with Crippen LogP contribution >= 0.6 is 0 Å². The predicted octanol–water partition coefficient (Wildman–Crippen LogP) is 5.32. The molecule has 0 aliphatic rings. The highest BCUT2D eigenvalue weighted by atomic mass is 16.2. The molecular weight excluding hydrogens is 460 g/mol. The molecule has 0 atom stereocenters. The molecule has 0 spiro atoms. The Morgan fingerprint density at radius 3 is 2.30 bits per heavy atom. The van der Waals surface area contributed by atoms with Gasteiger partial charge in [0.25, 0.3) is 11.5 Å². The Balaban J connectivity index is 1.72. The van der Waals surface area contributed by atoms with Crippen LogP contribution < -0.4 is 5.56 Å². The third-order valence-corrected chi connectivity index (χ3v) is 6.39. The number of benzene rings is 3. The molecule has 0 bridgehead atoms. The summed E-state index contributed by atoms with van der Waals surface area (Å²) in [4.78, 5) is 32.4. The molecule has 37 heavy (non-hydrogen) atoms. The molecule has 3 aromatic carbocycles. The highest BCUT2D eigenvalue weighted by molar-refractivity contribution is 5.94. The molecule has 0 radical (unpaired) electrons. The highest BCUT2D eigenvalue weighted by Gasteiger charge is 2.17. The van der Waals surface area contributed by atoms with Gasteiger partial charge in [0.15, 0.2) is 0 Å². The first-order valence-electron chi connectivity index (χ1n) is 12.4. The number of nitriles is 1. The van der Waals surface area contributed by atoms with Gasteiger partial charge in [-0.2, -0.15) is 5.26 Å². The summed E-state index contributed by atoms with van der Waals surface area (Å²) in [6.07, 6.45) is 2.06. The molecule has 1 amide bonds. The van der Waals surface area contributed by atoms with E-state index in [4.69, 9.17) is 4.98 Å². The van der Waals surface area contributed by atoms with Gasteiger partial charge in [-0.25, -0.2) is 4.98 Å². The van der Waals surface area contributed by atoms with Crippen LogP contribution in [-0.2, 0) is 12.8 Å². The standard InChI is InChI=1S/C31H30N4O2/c1-5-8-29-28(19-22-11-13-23(14-12-22)27-10-7-6-9-25(27)20-32)31(37)35(21(2)33-29)26-17-15-24(16-18-26)30(36)34(3)4/h6-7,9-18H,5,8,19H2,1-4H3. The summed E-state index contributed by atoms with van der Waals surface area (Å²) in [6, 6.07) is 24.8. The van der Waals surface area contributed by atoms with Gasteiger partial charge in [-0.15, -0.1) is 0 Å². The third-order valence-electron chi connectivity index (χ3n) is 6.39. The summed E-state index contributed by atoms with van der Waals surface area (Å²) in [5, 5.41) is 9.44. The number of aryl methyl sites for hydroxylation is 2. The van der Waals surface area contributed by atoms with Crippen LogP contribution in [0.15, 0.2) is 77.6 Å². The van der Waals surface area contributed by atoms with Crippen molar-refractivity contribution in [3.05, 3.63) is 117 Å². The first-order valence-corrected chi connectivity index (χ1v) is 12.4. The van der Waals surface area contributed by atoms with Crippen molar-refractivity contribution in [2.75, 3.05) is 14.1 Å². The van der Waals surface area contributed by atoms with Crippen LogP contribution in [0.3, 0.4) is 0 Å². The van der Waals surface area contributed by atoms with E-state index in [0.717, 1.165) is 35.2 Å². The lowest BCUT2D eigenvalue weighted by atomic mass is 9.97. The van der Waals surface area contributed by atoms with E-state index in [9.17, 15) is 14.9 Å². The Bertz CT molecular complexity index is 1530. The molecule has 1 heterocycles. The number of carbonyl (C=O) groups excluding carboxylic acids is 1. The van der Waals surface area contributed by atoms with Crippen LogP contribution in [0, 0.1) is 18.3 Å². The molecule has 0 unspecified atom stereocenters. The zero-order chi connectivity index (χ0) is 26.5. The van der Waals surface area contributed by atoms with E-state index >= 15 is 0 Å². The molecule has 6 heteroatoms. The van der Waals surface area contributed by atoms with Crippen LogP contribution in [0.25, 0.3) is 16.8 Å². The van der Waals surface area contributed by atoms with E-state index < -0.39 is 0 Å². The summed E-state index contributed by atoms with van der Waals surface area (Å²) in [5.74, 6) is 0.529. The lowest BCUT2D eigenvalue weighted by Crippen LogP contribution is -2.28. The summed E-state index contributed by atoms with van der Waals surface area (Å²) >= 11 is 0. The van der Waals surface area contributed by atoms with E-state index in [0.29, 0.717) is 34.6 Å². The summed E-state index contributed by atoms with van der Waals surface area (Å²) in [7, 11) is 3.42. The molecule has 4 rings (SSSR count). The maximum Gasteiger partial charge on any atom is 0.261 e. The fraction of sp³-hybridized carbons (Fsp3) is 0.226. The molecule has 0 aliphatic carbocycles. The van der Waals surface area contributed by atoms with Crippen molar-refractivity contribution in [2.45, 2.75) is 33.1 Å². The van der Waals surface area contributed by atoms with Crippen molar-refractivity contribution < 1.29 is 4.79 Å². The minimum absolute atomic E-state index is 0.0893. The molecule has 0 saturated carbocycles. The van der Waals surface area contributed by atoms with Crippen molar-refractivity contribution in [1.82, 2.24) is 14.5 Å². The van der Waals surface area contributed by atoms with Crippen LogP contribution in [0.1, 0.15) is 51.9 Å². The lowest BCUT2D eigenvalue weighted by molar-refractivity contribution is 0.0827. The molecule has 0 aliphatic heterocycles. The Kier molecular flexibility index (Phi) is 7.64. The van der Waals surface area contributed by atoms with Crippen molar-refractivity contribution in [3.63, 3.8) is 0 Å². The minimum atomic E-state index is -0.0958. The number of hydrogen-bond donors (Lipinski definition) is 0. The second-order valence-corrected chi connectivity index (χ2v) is 9.25. The normalized spacial score (nSPS) is 10.7. The molecule has 6 nitrogen and oxygen atoms in total. The monoisotopic (exact) mass is 490 g/mol. The van der Waals surface area contributed by atoms with Crippen molar-refractivity contribution >= 4 is 5.91 Å². The van der Waals surface area contributed by atoms with Gasteiger partial charge < -0.3 is 4.90 Å².